The molecule has 3 aliphatic rings. The van der Waals surface area contributed by atoms with E-state index in [1.54, 1.807) is 0 Å². The summed E-state index contributed by atoms with van der Waals surface area (Å²) in [4.78, 5) is 51.6. The van der Waals surface area contributed by atoms with Crippen molar-refractivity contribution in [2.45, 2.75) is 12.1 Å². The monoisotopic (exact) mass is 310 g/mol. The Hall–Kier alpha value is -2.72. The van der Waals surface area contributed by atoms with E-state index in [1.807, 2.05) is 0 Å². The number of hydrogen-bond acceptors (Lipinski definition) is 10. The number of piperazine rings is 1. The Morgan fingerprint density at radius 2 is 1.55 bits per heavy atom. The van der Waals surface area contributed by atoms with Crippen molar-refractivity contribution in [3.8, 4) is 0 Å². The minimum Gasteiger partial charge on any atom is -0.433 e. The lowest BCUT2D eigenvalue weighted by Gasteiger charge is -2.46. The number of nitrogens with one attached hydrogen (secondary N) is 1. The van der Waals surface area contributed by atoms with Crippen molar-refractivity contribution in [1.29, 1.82) is 0 Å². The summed E-state index contributed by atoms with van der Waals surface area (Å²) < 4.78 is 15.2. The van der Waals surface area contributed by atoms with E-state index in [4.69, 9.17) is 19.0 Å². The molecule has 0 aromatic rings. The van der Waals surface area contributed by atoms with E-state index in [2.05, 4.69) is 5.32 Å². The van der Waals surface area contributed by atoms with E-state index in [9.17, 15) is 19.2 Å². The maximum Gasteiger partial charge on any atom is 0.405 e. The van der Waals surface area contributed by atoms with Crippen molar-refractivity contribution < 1.29 is 38.2 Å². The number of hydroxylamine groups is 2. The van der Waals surface area contributed by atoms with Crippen LogP contribution in [0.25, 0.3) is 0 Å². The molecule has 0 saturated carbocycles. The molecule has 0 aromatic heterocycles. The standard InChI is InChI=1S/C12H10N2O8/c15-7-1-2-8(16)20-12-11(19-7)13-5-6-14(12)22-10(18)4-3-9(17)21-12/h1-4,11,13H,5-6H2/b2-1-,4-3-. The predicted octanol–water partition coefficient (Wildman–Crippen LogP) is -1.90. The summed E-state index contributed by atoms with van der Waals surface area (Å²) in [6.07, 6.45) is 1.98. The lowest BCUT2D eigenvalue weighted by Crippen LogP contribution is -2.72. The average Bonchev–Trinajstić information content (AvgIpc) is 2.45. The first-order valence-electron chi connectivity index (χ1n) is 6.25. The minimum absolute atomic E-state index is 0.0257. The lowest BCUT2D eigenvalue weighted by molar-refractivity contribution is -0.404. The van der Waals surface area contributed by atoms with Gasteiger partial charge in [0.05, 0.1) is 6.54 Å². The maximum atomic E-state index is 11.8. The molecular weight excluding hydrogens is 300 g/mol. The Morgan fingerprint density at radius 3 is 2.23 bits per heavy atom. The Morgan fingerprint density at radius 1 is 0.955 bits per heavy atom. The number of nitrogens with zero attached hydrogens (tertiary/aromatic N) is 1. The van der Waals surface area contributed by atoms with E-state index in [0.717, 1.165) is 29.4 Å². The quantitative estimate of drug-likeness (QED) is 0.508. The second kappa shape index (κ2) is 5.24. The normalized spacial score (nSPS) is 35.0. The summed E-state index contributed by atoms with van der Waals surface area (Å²) >= 11 is 0. The number of ether oxygens (including phenoxy) is 3. The van der Waals surface area contributed by atoms with Crippen LogP contribution in [0.1, 0.15) is 0 Å². The number of carbonyl (C=O) groups is 4. The first kappa shape index (κ1) is 14.2. The summed E-state index contributed by atoms with van der Waals surface area (Å²) in [5, 5.41) is 3.57. The molecule has 0 aromatic carbocycles. The van der Waals surface area contributed by atoms with E-state index >= 15 is 0 Å². The molecular formula is C12H10N2O8. The Bertz CT molecular complexity index is 558. The molecule has 0 aliphatic carbocycles. The first-order valence-corrected chi connectivity index (χ1v) is 6.25. The SMILES string of the molecule is O=C1/C=C\C(=O)OC23OC(=O)/C=C\C(=O)ON2CCNC3O1. The van der Waals surface area contributed by atoms with Gasteiger partial charge in [0.25, 0.3) is 6.23 Å². The van der Waals surface area contributed by atoms with Gasteiger partial charge in [0, 0.05) is 30.8 Å². The van der Waals surface area contributed by atoms with Crippen LogP contribution in [0.2, 0.25) is 0 Å². The van der Waals surface area contributed by atoms with Crippen LogP contribution in [0.5, 0.6) is 0 Å². The van der Waals surface area contributed by atoms with Crippen molar-refractivity contribution in [1.82, 2.24) is 10.4 Å². The van der Waals surface area contributed by atoms with Crippen LogP contribution in [-0.4, -0.2) is 54.2 Å². The minimum atomic E-state index is -2.24. The molecule has 1 fully saturated rings. The van der Waals surface area contributed by atoms with E-state index in [1.165, 1.54) is 0 Å². The van der Waals surface area contributed by atoms with E-state index < -0.39 is 36.0 Å². The molecule has 10 nitrogen and oxygen atoms in total. The van der Waals surface area contributed by atoms with E-state index in [-0.39, 0.29) is 13.1 Å². The van der Waals surface area contributed by atoms with Gasteiger partial charge in [0.2, 0.25) is 0 Å². The third-order valence-corrected chi connectivity index (χ3v) is 2.96. The van der Waals surface area contributed by atoms with Crippen molar-refractivity contribution >= 4 is 23.9 Å². The van der Waals surface area contributed by atoms with Gasteiger partial charge in [0.1, 0.15) is 0 Å². The van der Waals surface area contributed by atoms with E-state index in [0.29, 0.717) is 0 Å². The molecule has 2 unspecified atom stereocenters. The van der Waals surface area contributed by atoms with Crippen LogP contribution in [0, 0.1) is 0 Å². The maximum absolute atomic E-state index is 11.8. The van der Waals surface area contributed by atoms with Crippen LogP contribution in [0.4, 0.5) is 0 Å². The fraction of sp³-hybridized carbons (Fsp3) is 0.333. The lowest BCUT2D eigenvalue weighted by atomic mass is 10.2. The zero-order chi connectivity index (χ0) is 15.7. The Balaban J connectivity index is 2.07. The fourth-order valence-electron chi connectivity index (χ4n) is 2.09. The second-order valence-electron chi connectivity index (χ2n) is 4.42. The fourth-order valence-corrected chi connectivity index (χ4v) is 2.09. The number of esters is 3. The highest BCUT2D eigenvalue weighted by Gasteiger charge is 2.59. The molecule has 2 atom stereocenters. The third-order valence-electron chi connectivity index (χ3n) is 2.96. The van der Waals surface area contributed by atoms with Crippen molar-refractivity contribution in [3.63, 3.8) is 0 Å². The zero-order valence-corrected chi connectivity index (χ0v) is 11.0. The molecule has 10 heteroatoms. The van der Waals surface area contributed by atoms with Crippen molar-refractivity contribution in [2.75, 3.05) is 13.1 Å². The summed E-state index contributed by atoms with van der Waals surface area (Å²) in [5.74, 6) is -5.90. The van der Waals surface area contributed by atoms with Gasteiger partial charge in [-0.2, -0.15) is 0 Å². The van der Waals surface area contributed by atoms with Gasteiger partial charge < -0.3 is 19.0 Å². The summed E-state index contributed by atoms with van der Waals surface area (Å²) in [6, 6.07) is 0. The number of rotatable bonds is 0. The van der Waals surface area contributed by atoms with Gasteiger partial charge in [0.15, 0.2) is 0 Å². The summed E-state index contributed by atoms with van der Waals surface area (Å²) in [5.41, 5.74) is 0. The van der Waals surface area contributed by atoms with Gasteiger partial charge in [-0.15, -0.1) is 0 Å². The molecule has 1 N–H and O–H groups in total. The molecule has 1 saturated heterocycles. The molecule has 116 valence electrons. The highest BCUT2D eigenvalue weighted by atomic mass is 16.8. The first-order chi connectivity index (χ1) is 10.5. The van der Waals surface area contributed by atoms with Crippen LogP contribution in [-0.2, 0) is 38.2 Å². The molecule has 3 rings (SSSR count). The molecule has 3 aliphatic heterocycles. The molecule has 0 bridgehead atoms. The van der Waals surface area contributed by atoms with Gasteiger partial charge in [-0.1, -0.05) is 5.06 Å². The van der Waals surface area contributed by atoms with Gasteiger partial charge in [-0.05, 0) is 0 Å². The molecule has 0 radical (unpaired) electrons. The third kappa shape index (κ3) is 2.44. The zero-order valence-electron chi connectivity index (χ0n) is 11.0. The summed E-state index contributed by atoms with van der Waals surface area (Å²) in [7, 11) is 0. The van der Waals surface area contributed by atoms with Gasteiger partial charge in [-0.25, -0.2) is 19.2 Å². The van der Waals surface area contributed by atoms with Crippen LogP contribution in [0.15, 0.2) is 24.3 Å². The highest BCUT2D eigenvalue weighted by molar-refractivity contribution is 5.94. The molecule has 3 heterocycles. The second-order valence-corrected chi connectivity index (χ2v) is 4.42. The van der Waals surface area contributed by atoms with Crippen LogP contribution < -0.4 is 5.32 Å². The summed E-state index contributed by atoms with van der Waals surface area (Å²) in [6.45, 7) is 0.243. The van der Waals surface area contributed by atoms with Gasteiger partial charge in [-0.3, -0.25) is 5.32 Å². The van der Waals surface area contributed by atoms with Crippen molar-refractivity contribution in [3.05, 3.63) is 24.3 Å². The average molecular weight is 310 g/mol. The molecule has 0 amide bonds. The highest BCUT2D eigenvalue weighted by Crippen LogP contribution is 2.30. The number of carbonyl (C=O) groups excluding carboxylic acids is 4. The number of hydrogen-bond donors (Lipinski definition) is 1. The van der Waals surface area contributed by atoms with Gasteiger partial charge >= 0.3 is 29.8 Å². The van der Waals surface area contributed by atoms with Crippen molar-refractivity contribution in [2.24, 2.45) is 0 Å². The Labute approximate surface area is 123 Å². The predicted molar refractivity (Wildman–Crippen MR) is 63.9 cm³/mol. The topological polar surface area (TPSA) is 120 Å². The van der Waals surface area contributed by atoms with Crippen LogP contribution >= 0.6 is 0 Å². The molecule has 1 spiro atoms. The smallest absolute Gasteiger partial charge is 0.405 e. The largest absolute Gasteiger partial charge is 0.433 e. The molecule has 22 heavy (non-hydrogen) atoms. The van der Waals surface area contributed by atoms with Crippen LogP contribution in [0.3, 0.4) is 0 Å². The Kier molecular flexibility index (Phi) is 3.39.